The van der Waals surface area contributed by atoms with Gasteiger partial charge in [-0.3, -0.25) is 4.79 Å². The predicted octanol–water partition coefficient (Wildman–Crippen LogP) is 4.85. The number of anilines is 1. The van der Waals surface area contributed by atoms with E-state index >= 15 is 0 Å². The molecule has 1 amide bonds. The van der Waals surface area contributed by atoms with Crippen LogP contribution in [0.5, 0.6) is 5.75 Å². The van der Waals surface area contributed by atoms with Crippen LogP contribution in [0.2, 0.25) is 0 Å². The fourth-order valence-electron chi connectivity index (χ4n) is 3.75. The van der Waals surface area contributed by atoms with Crippen LogP contribution in [-0.4, -0.2) is 36.7 Å². The first-order chi connectivity index (χ1) is 15.9. The highest BCUT2D eigenvalue weighted by Crippen LogP contribution is 2.26. The number of nitrogens with one attached hydrogen (secondary N) is 1. The van der Waals surface area contributed by atoms with Crippen LogP contribution in [0.4, 0.5) is 5.69 Å². The van der Waals surface area contributed by atoms with Crippen molar-refractivity contribution in [2.75, 3.05) is 18.4 Å². The molecule has 9 heteroatoms. The number of aryl methyl sites for hydroxylation is 1. The van der Waals surface area contributed by atoms with E-state index in [4.69, 9.17) is 4.74 Å². The number of rotatable bonds is 7. The second-order valence-corrected chi connectivity index (χ2v) is 10.7. The van der Waals surface area contributed by atoms with Gasteiger partial charge in [0.15, 0.2) is 0 Å². The van der Waals surface area contributed by atoms with Crippen molar-refractivity contribution in [1.29, 1.82) is 0 Å². The van der Waals surface area contributed by atoms with Crippen molar-refractivity contribution in [2.24, 2.45) is 0 Å². The van der Waals surface area contributed by atoms with Crippen LogP contribution < -0.4 is 10.1 Å². The molecule has 1 fully saturated rings. The van der Waals surface area contributed by atoms with E-state index in [1.165, 1.54) is 11.3 Å². The van der Waals surface area contributed by atoms with Crippen LogP contribution in [-0.2, 0) is 16.6 Å². The summed E-state index contributed by atoms with van der Waals surface area (Å²) in [6.07, 6.45) is 3.85. The molecule has 1 aliphatic heterocycles. The lowest BCUT2D eigenvalue weighted by Gasteiger charge is -2.21. The number of amides is 1. The third kappa shape index (κ3) is 5.79. The number of thiazole rings is 1. The summed E-state index contributed by atoms with van der Waals surface area (Å²) in [5, 5.41) is 4.74. The molecule has 3 aromatic rings. The summed E-state index contributed by atoms with van der Waals surface area (Å²) >= 11 is 1.51. The van der Waals surface area contributed by atoms with Crippen molar-refractivity contribution in [3.8, 4) is 5.75 Å². The second kappa shape index (κ2) is 10.5. The Hall–Kier alpha value is -2.75. The summed E-state index contributed by atoms with van der Waals surface area (Å²) in [6.45, 7) is 3.22. The van der Waals surface area contributed by atoms with Gasteiger partial charge in [-0.15, -0.1) is 11.3 Å². The van der Waals surface area contributed by atoms with Crippen LogP contribution in [0.15, 0.2) is 58.3 Å². The SMILES string of the molecule is Cc1ccc(NC(=O)c2ccc(OCc3cscn3)cc2)cc1S(=O)(=O)N1CCCCCC1. The summed E-state index contributed by atoms with van der Waals surface area (Å²) in [6, 6.07) is 11.8. The van der Waals surface area contributed by atoms with E-state index < -0.39 is 10.0 Å². The molecule has 33 heavy (non-hydrogen) atoms. The third-order valence-corrected chi connectivity index (χ3v) is 8.29. The number of sulfonamides is 1. The summed E-state index contributed by atoms with van der Waals surface area (Å²) in [5.74, 6) is 0.323. The molecule has 1 aromatic heterocycles. The first-order valence-electron chi connectivity index (χ1n) is 11.0. The van der Waals surface area contributed by atoms with Gasteiger partial charge < -0.3 is 10.1 Å². The largest absolute Gasteiger partial charge is 0.487 e. The monoisotopic (exact) mass is 485 g/mol. The van der Waals surface area contributed by atoms with Crippen LogP contribution >= 0.6 is 11.3 Å². The fraction of sp³-hybridized carbons (Fsp3) is 0.333. The van der Waals surface area contributed by atoms with Gasteiger partial charge in [0, 0.05) is 29.7 Å². The van der Waals surface area contributed by atoms with E-state index in [-0.39, 0.29) is 10.8 Å². The van der Waals surface area contributed by atoms with Gasteiger partial charge in [-0.05, 0) is 61.7 Å². The number of ether oxygens (including phenoxy) is 1. The van der Waals surface area contributed by atoms with Crippen LogP contribution in [0.3, 0.4) is 0 Å². The van der Waals surface area contributed by atoms with Crippen molar-refractivity contribution >= 4 is 33.0 Å². The standard InChI is InChI=1S/C24H27N3O4S2/c1-18-6-9-20(14-23(18)33(29,30)27-12-4-2-3-5-13-27)26-24(28)19-7-10-22(11-8-19)31-15-21-16-32-17-25-21/h6-11,14,16-17H,2-5,12-13,15H2,1H3,(H,26,28). The topological polar surface area (TPSA) is 88.6 Å². The molecule has 7 nitrogen and oxygen atoms in total. The maximum atomic E-state index is 13.2. The average molecular weight is 486 g/mol. The van der Waals surface area contributed by atoms with Gasteiger partial charge in [0.05, 0.1) is 16.1 Å². The summed E-state index contributed by atoms with van der Waals surface area (Å²) in [5.41, 5.74) is 4.17. The highest BCUT2D eigenvalue weighted by molar-refractivity contribution is 7.89. The van der Waals surface area contributed by atoms with Crippen molar-refractivity contribution < 1.29 is 17.9 Å². The van der Waals surface area contributed by atoms with Gasteiger partial charge in [-0.1, -0.05) is 18.9 Å². The van der Waals surface area contributed by atoms with E-state index in [9.17, 15) is 13.2 Å². The normalized spacial score (nSPS) is 15.1. The van der Waals surface area contributed by atoms with E-state index in [0.717, 1.165) is 31.4 Å². The smallest absolute Gasteiger partial charge is 0.255 e. The first-order valence-corrected chi connectivity index (χ1v) is 13.3. The molecule has 0 radical (unpaired) electrons. The second-order valence-electron chi connectivity index (χ2n) is 8.05. The van der Waals surface area contributed by atoms with Crippen LogP contribution in [0, 0.1) is 6.92 Å². The zero-order valence-electron chi connectivity index (χ0n) is 18.5. The Bertz CT molecular complexity index is 1180. The molecule has 4 rings (SSSR count). The number of carbonyl (C=O) groups is 1. The zero-order valence-corrected chi connectivity index (χ0v) is 20.1. The van der Waals surface area contributed by atoms with Crippen molar-refractivity contribution in [3.63, 3.8) is 0 Å². The minimum absolute atomic E-state index is 0.244. The Morgan fingerprint density at radius 2 is 1.82 bits per heavy atom. The minimum Gasteiger partial charge on any atom is -0.487 e. The molecule has 0 aliphatic carbocycles. The van der Waals surface area contributed by atoms with Crippen LogP contribution in [0.25, 0.3) is 0 Å². The summed E-state index contributed by atoms with van der Waals surface area (Å²) < 4.78 is 33.7. The quantitative estimate of drug-likeness (QED) is 0.517. The molecular weight excluding hydrogens is 458 g/mol. The number of hydrogen-bond donors (Lipinski definition) is 1. The number of benzene rings is 2. The maximum Gasteiger partial charge on any atom is 0.255 e. The van der Waals surface area contributed by atoms with Crippen LogP contribution in [0.1, 0.15) is 47.3 Å². The van der Waals surface area contributed by atoms with Gasteiger partial charge >= 0.3 is 0 Å². The Morgan fingerprint density at radius 1 is 1.09 bits per heavy atom. The molecular formula is C24H27N3O4S2. The zero-order chi connectivity index (χ0) is 23.3. The van der Waals surface area contributed by atoms with E-state index in [1.807, 2.05) is 5.38 Å². The van der Waals surface area contributed by atoms with E-state index in [0.29, 0.717) is 42.3 Å². The Kier molecular flexibility index (Phi) is 7.42. The fourth-order valence-corrected chi connectivity index (χ4v) is 6.06. The minimum atomic E-state index is -3.61. The number of nitrogens with zero attached hydrogens (tertiary/aromatic N) is 2. The van der Waals surface area contributed by atoms with Crippen molar-refractivity contribution in [3.05, 3.63) is 70.2 Å². The lowest BCUT2D eigenvalue weighted by molar-refractivity contribution is 0.102. The maximum absolute atomic E-state index is 13.2. The summed E-state index contributed by atoms with van der Waals surface area (Å²) in [4.78, 5) is 17.2. The van der Waals surface area contributed by atoms with Gasteiger partial charge in [0.1, 0.15) is 12.4 Å². The van der Waals surface area contributed by atoms with E-state index in [2.05, 4.69) is 10.3 Å². The highest BCUT2D eigenvalue weighted by Gasteiger charge is 2.27. The molecule has 0 atom stereocenters. The van der Waals surface area contributed by atoms with Crippen molar-refractivity contribution in [1.82, 2.24) is 9.29 Å². The molecule has 174 valence electrons. The van der Waals surface area contributed by atoms with Gasteiger partial charge in [0.25, 0.3) is 5.91 Å². The third-order valence-electron chi connectivity index (χ3n) is 5.62. The van der Waals surface area contributed by atoms with E-state index in [1.54, 1.807) is 59.2 Å². The molecule has 2 heterocycles. The molecule has 0 saturated carbocycles. The Morgan fingerprint density at radius 3 is 2.48 bits per heavy atom. The Labute approximate surface area is 198 Å². The lowest BCUT2D eigenvalue weighted by Crippen LogP contribution is -2.32. The lowest BCUT2D eigenvalue weighted by atomic mass is 10.2. The highest BCUT2D eigenvalue weighted by atomic mass is 32.2. The number of aromatic nitrogens is 1. The van der Waals surface area contributed by atoms with Gasteiger partial charge in [-0.2, -0.15) is 4.31 Å². The summed E-state index contributed by atoms with van der Waals surface area (Å²) in [7, 11) is -3.61. The number of hydrogen-bond acceptors (Lipinski definition) is 6. The molecule has 1 saturated heterocycles. The molecule has 0 bridgehead atoms. The molecule has 0 spiro atoms. The van der Waals surface area contributed by atoms with Gasteiger partial charge in [-0.25, -0.2) is 13.4 Å². The molecule has 1 aliphatic rings. The van der Waals surface area contributed by atoms with Gasteiger partial charge in [0.2, 0.25) is 10.0 Å². The average Bonchev–Trinajstić information content (AvgIpc) is 3.18. The molecule has 2 aromatic carbocycles. The number of carbonyl (C=O) groups excluding carboxylic acids is 1. The first kappa shape index (κ1) is 23.4. The Balaban J connectivity index is 1.45. The molecule has 0 unspecified atom stereocenters. The van der Waals surface area contributed by atoms with Crippen molar-refractivity contribution in [2.45, 2.75) is 44.1 Å². The molecule has 1 N–H and O–H groups in total. The predicted molar refractivity (Wildman–Crippen MR) is 129 cm³/mol.